The third kappa shape index (κ3) is 17.8. The Labute approximate surface area is 121 Å². The van der Waals surface area contributed by atoms with Gasteiger partial charge in [0.05, 0.1) is 0 Å². The van der Waals surface area contributed by atoms with Crippen LogP contribution in [0.25, 0.3) is 0 Å². The molecule has 0 saturated carbocycles. The molecule has 0 aromatic rings. The van der Waals surface area contributed by atoms with Crippen LogP contribution in [0.2, 0.25) is 0 Å². The average Bonchev–Trinajstić information content (AvgIpc) is 1.59. The van der Waals surface area contributed by atoms with Gasteiger partial charge in [0.15, 0.2) is 5.11 Å². The van der Waals surface area contributed by atoms with Gasteiger partial charge in [-0.2, -0.15) is 0 Å². The van der Waals surface area contributed by atoms with E-state index in [9.17, 15) is 9.46 Å². The molecule has 0 amide bonds. The molecule has 0 saturated heterocycles. The summed E-state index contributed by atoms with van der Waals surface area (Å²) in [6, 6.07) is 0. The molecule has 12 heavy (non-hydrogen) atoms. The van der Waals surface area contributed by atoms with Crippen LogP contribution in [0.1, 0.15) is 0 Å². The van der Waals surface area contributed by atoms with Gasteiger partial charge in [-0.25, -0.2) is 0 Å². The van der Waals surface area contributed by atoms with Gasteiger partial charge in [0.25, 0.3) is 0 Å². The van der Waals surface area contributed by atoms with E-state index in [1.807, 2.05) is 0 Å². The molecule has 5 nitrogen and oxygen atoms in total. The van der Waals surface area contributed by atoms with Gasteiger partial charge in [-0.1, -0.05) is 0 Å². The van der Waals surface area contributed by atoms with Crippen molar-refractivity contribution in [2.75, 3.05) is 12.7 Å². The Morgan fingerprint density at radius 3 is 2.42 bits per heavy atom. The summed E-state index contributed by atoms with van der Waals surface area (Å²) in [6.07, 6.45) is -0.357. The predicted molar refractivity (Wildman–Crippen MR) is 45.2 cm³/mol. The maximum atomic E-state index is 10.1. The summed E-state index contributed by atoms with van der Waals surface area (Å²) in [5.41, 5.74) is 4.97. The smallest absolute Gasteiger partial charge is 0.779 e. The Morgan fingerprint density at radius 2 is 2.17 bits per heavy atom. The Bertz CT molecular complexity index is 175. The van der Waals surface area contributed by atoms with Crippen molar-refractivity contribution in [2.24, 2.45) is 5.73 Å². The Kier molecular flexibility index (Phi) is 15.2. The van der Waals surface area contributed by atoms with Gasteiger partial charge in [-0.15, -0.1) is 0 Å². The van der Waals surface area contributed by atoms with Crippen LogP contribution in [0.15, 0.2) is 0 Å². The molecule has 0 rings (SSSR count). The van der Waals surface area contributed by atoms with Crippen molar-refractivity contribution in [3.05, 3.63) is 0 Å². The van der Waals surface area contributed by atoms with Crippen molar-refractivity contribution < 1.29 is 43.9 Å². The Balaban J connectivity index is -0.000000405. The van der Waals surface area contributed by atoms with Gasteiger partial charge < -0.3 is 25.4 Å². The minimum absolute atomic E-state index is 0. The summed E-state index contributed by atoms with van der Waals surface area (Å²) in [6.45, 7) is 0.0482. The molecule has 0 aliphatic carbocycles. The summed E-state index contributed by atoms with van der Waals surface area (Å²) in [4.78, 5) is 18.3. The largest absolute Gasteiger partial charge is 1.00 e. The van der Waals surface area contributed by atoms with E-state index in [1.165, 1.54) is 0 Å². The van der Waals surface area contributed by atoms with Crippen LogP contribution >= 0.6 is 19.8 Å². The van der Waals surface area contributed by atoms with Crippen molar-refractivity contribution >= 4 is 54.5 Å². The zero-order valence-corrected chi connectivity index (χ0v) is 12.8. The van der Waals surface area contributed by atoms with Crippen molar-refractivity contribution in [1.29, 1.82) is 0 Å². The molecule has 61 valence electrons. The summed E-state index contributed by atoms with van der Waals surface area (Å²) >= 11 is 4.38. The molecule has 4 N–H and O–H groups in total. The van der Waals surface area contributed by atoms with Gasteiger partial charge in [-0.3, -0.25) is 0 Å². The molecule has 9 heteroatoms. The van der Waals surface area contributed by atoms with E-state index in [1.54, 1.807) is 0 Å². The molecule has 0 aromatic heterocycles. The van der Waals surface area contributed by atoms with E-state index in [0.29, 0.717) is 0 Å². The van der Waals surface area contributed by atoms with E-state index in [4.69, 9.17) is 10.6 Å². The van der Waals surface area contributed by atoms with Crippen LogP contribution in [0.5, 0.6) is 0 Å². The van der Waals surface area contributed by atoms with Gasteiger partial charge in [0.1, 0.15) is 7.60 Å². The first-order chi connectivity index (χ1) is 4.42. The summed E-state index contributed by atoms with van der Waals surface area (Å²) < 4.78 is 10.1. The normalized spacial score (nSPS) is 13.2. The van der Waals surface area contributed by atoms with Crippen LogP contribution in [0.3, 0.4) is 0 Å². The molecule has 0 aromatic carbocycles. The molecule has 0 aliphatic heterocycles. The average molecular weight is 229 g/mol. The molecule has 1 radical (unpaired) electrons. The maximum absolute atomic E-state index is 10.1. The van der Waals surface area contributed by atoms with Gasteiger partial charge in [0.2, 0.25) is 0 Å². The zero-order chi connectivity index (χ0) is 8.20. The monoisotopic (exact) mass is 229 g/mol. The van der Waals surface area contributed by atoms with Crippen LogP contribution in [-0.4, -0.2) is 52.3 Å². The van der Waals surface area contributed by atoms with Crippen molar-refractivity contribution in [3.8, 4) is 0 Å². The number of rotatable bonds is 3. The van der Waals surface area contributed by atoms with E-state index in [2.05, 4.69) is 17.5 Å². The van der Waals surface area contributed by atoms with Crippen LogP contribution in [0.4, 0.5) is 0 Å². The van der Waals surface area contributed by atoms with Crippen molar-refractivity contribution in [1.82, 2.24) is 5.32 Å². The van der Waals surface area contributed by atoms with Crippen LogP contribution < -0.4 is 45.5 Å². The first kappa shape index (κ1) is 19.4. The summed E-state index contributed by atoms with van der Waals surface area (Å²) in [7, 11) is -4.15. The first-order valence-corrected chi connectivity index (χ1v) is 4.65. The summed E-state index contributed by atoms with van der Waals surface area (Å²) in [5, 5.41) is 2.40. The standard InChI is InChI=1S/C3H9N2O3PS.2Na/c4-3(10)5-1-2-9(6,7)8;;/h1-2H2,(H3,4,5,10)(H2,6,7,8);;/q;;+1/p-1. The van der Waals surface area contributed by atoms with Gasteiger partial charge >= 0.3 is 29.6 Å². The quantitative estimate of drug-likeness (QED) is 0.254. The molecule has 1 unspecified atom stereocenters. The number of thiocarbonyl (C=S) groups is 1. The van der Waals surface area contributed by atoms with Gasteiger partial charge in [0, 0.05) is 42.3 Å². The molecule has 0 heterocycles. The molecule has 0 bridgehead atoms. The topological polar surface area (TPSA) is 98.4 Å². The van der Waals surface area contributed by atoms with Crippen molar-refractivity contribution in [3.63, 3.8) is 0 Å². The number of nitrogens with one attached hydrogen (secondary N) is 1. The van der Waals surface area contributed by atoms with E-state index in [-0.39, 0.29) is 76.9 Å². The van der Waals surface area contributed by atoms with Crippen LogP contribution in [-0.2, 0) is 4.57 Å². The SMILES string of the molecule is NC(=S)NCCP(=O)([O-])O.[Na+].[Na]. The minimum atomic E-state index is -4.15. The van der Waals surface area contributed by atoms with Crippen LogP contribution in [0, 0.1) is 0 Å². The Hall–Kier alpha value is 1.84. The third-order valence-corrected chi connectivity index (χ3v) is 1.63. The molecular weight excluding hydrogens is 221 g/mol. The maximum Gasteiger partial charge on any atom is 1.00 e. The minimum Gasteiger partial charge on any atom is -0.779 e. The van der Waals surface area contributed by atoms with E-state index in [0.717, 1.165) is 0 Å². The number of nitrogens with two attached hydrogens (primary N) is 1. The summed E-state index contributed by atoms with van der Waals surface area (Å²) in [5.74, 6) is 0. The van der Waals surface area contributed by atoms with E-state index >= 15 is 0 Å². The third-order valence-electron chi connectivity index (χ3n) is 0.694. The molecule has 0 spiro atoms. The second kappa shape index (κ2) is 9.40. The number of hydrogen-bond donors (Lipinski definition) is 3. The number of hydrogen-bond acceptors (Lipinski definition) is 3. The van der Waals surface area contributed by atoms with Crippen molar-refractivity contribution in [2.45, 2.75) is 0 Å². The van der Waals surface area contributed by atoms with E-state index < -0.39 is 7.60 Å². The fraction of sp³-hybridized carbons (Fsp3) is 0.667. The molecular formula is C3H8N2Na2O3PS. The fourth-order valence-corrected chi connectivity index (χ4v) is 0.817. The fourth-order valence-electron chi connectivity index (χ4n) is 0.320. The second-order valence-electron chi connectivity index (χ2n) is 1.65. The molecule has 0 aliphatic rings. The van der Waals surface area contributed by atoms with Gasteiger partial charge in [-0.05, 0) is 12.2 Å². The zero-order valence-electron chi connectivity index (χ0n) is 7.11. The second-order valence-corrected chi connectivity index (χ2v) is 3.81. The first-order valence-electron chi connectivity index (χ1n) is 2.48. The molecule has 0 fully saturated rings. The molecule has 1 atom stereocenters. The Morgan fingerprint density at radius 1 is 1.75 bits per heavy atom. The predicted octanol–water partition coefficient (Wildman–Crippen LogP) is -5.01.